The fourth-order valence-corrected chi connectivity index (χ4v) is 6.81. The number of aryl methyl sites for hydroxylation is 1. The Kier molecular flexibility index (Phi) is 9.57. The van der Waals surface area contributed by atoms with Crippen molar-refractivity contribution in [2.24, 2.45) is 11.8 Å². The molecule has 40 heavy (non-hydrogen) atoms. The highest BCUT2D eigenvalue weighted by molar-refractivity contribution is 5.35. The number of benzene rings is 3. The van der Waals surface area contributed by atoms with E-state index < -0.39 is 11.6 Å². The van der Waals surface area contributed by atoms with E-state index in [1.165, 1.54) is 67.3 Å². The lowest BCUT2D eigenvalue weighted by atomic mass is 9.63. The fraction of sp³-hybridized carbons (Fsp3) is 0.444. The zero-order chi connectivity index (χ0) is 27.9. The molecule has 0 radical (unpaired) electrons. The summed E-state index contributed by atoms with van der Waals surface area (Å²) in [4.78, 5) is 0. The Morgan fingerprint density at radius 1 is 0.700 bits per heavy atom. The number of rotatable bonds is 10. The molecule has 2 nitrogen and oxygen atoms in total. The van der Waals surface area contributed by atoms with Gasteiger partial charge in [0.05, 0.1) is 6.61 Å². The van der Waals surface area contributed by atoms with E-state index in [9.17, 15) is 8.78 Å². The van der Waals surface area contributed by atoms with E-state index >= 15 is 0 Å². The molecule has 212 valence electrons. The molecule has 0 bridgehead atoms. The van der Waals surface area contributed by atoms with Crippen LogP contribution in [0.15, 0.2) is 72.8 Å². The van der Waals surface area contributed by atoms with Crippen LogP contribution in [0.3, 0.4) is 0 Å². The van der Waals surface area contributed by atoms with Crippen LogP contribution in [0.2, 0.25) is 0 Å². The summed E-state index contributed by atoms with van der Waals surface area (Å²) >= 11 is 0. The zero-order valence-electron chi connectivity index (χ0n) is 23.9. The molecule has 3 aromatic rings. The van der Waals surface area contributed by atoms with Gasteiger partial charge in [0.15, 0.2) is 11.5 Å². The number of fused-ring (bicyclic) bond motifs is 1. The molecular weight excluding hydrogens is 502 g/mol. The van der Waals surface area contributed by atoms with Crippen LogP contribution in [-0.4, -0.2) is 6.61 Å². The number of ether oxygens (including phenoxy) is 2. The van der Waals surface area contributed by atoms with E-state index in [2.05, 4.69) is 67.6 Å². The molecule has 0 amide bonds. The molecule has 4 heteroatoms. The second-order valence-corrected chi connectivity index (χ2v) is 11.5. The second kappa shape index (κ2) is 13.5. The van der Waals surface area contributed by atoms with E-state index in [4.69, 9.17) is 9.47 Å². The van der Waals surface area contributed by atoms with Crippen molar-refractivity contribution in [3.05, 3.63) is 107 Å². The molecule has 5 rings (SSSR count). The Morgan fingerprint density at radius 2 is 1.23 bits per heavy atom. The summed E-state index contributed by atoms with van der Waals surface area (Å²) in [6, 6.07) is 20.8. The van der Waals surface area contributed by atoms with Crippen LogP contribution >= 0.6 is 0 Å². The van der Waals surface area contributed by atoms with E-state index in [1.54, 1.807) is 6.92 Å². The topological polar surface area (TPSA) is 18.5 Å². The molecule has 0 aromatic heterocycles. The monoisotopic (exact) mass is 544 g/mol. The number of hydrogen-bond donors (Lipinski definition) is 0. The minimum Gasteiger partial charge on any atom is -0.491 e. The zero-order valence-corrected chi connectivity index (χ0v) is 23.9. The third kappa shape index (κ3) is 6.77. The highest BCUT2D eigenvalue weighted by Gasteiger charge is 2.36. The van der Waals surface area contributed by atoms with Gasteiger partial charge in [-0.05, 0) is 123 Å². The van der Waals surface area contributed by atoms with Gasteiger partial charge in [0.2, 0.25) is 11.6 Å². The number of allylic oxidation sites excluding steroid dienone is 2. The maximum Gasteiger partial charge on any atom is 0.204 e. The Bertz CT molecular complexity index is 1270. The normalized spacial score (nSPS) is 22.7. The van der Waals surface area contributed by atoms with Gasteiger partial charge in [-0.25, -0.2) is 0 Å². The first-order valence-electron chi connectivity index (χ1n) is 15.1. The van der Waals surface area contributed by atoms with Gasteiger partial charge in [-0.2, -0.15) is 8.78 Å². The quantitative estimate of drug-likeness (QED) is 0.237. The maximum atomic E-state index is 14.3. The van der Waals surface area contributed by atoms with E-state index in [0.29, 0.717) is 11.8 Å². The molecule has 0 spiro atoms. The van der Waals surface area contributed by atoms with Crippen LogP contribution < -0.4 is 9.47 Å². The molecule has 0 heterocycles. The van der Waals surface area contributed by atoms with Crippen molar-refractivity contribution in [3.63, 3.8) is 0 Å². The van der Waals surface area contributed by atoms with E-state index in [1.807, 2.05) is 0 Å². The standard InChI is InChI=1S/C36H42F2O2/c1-3-5-6-7-25-8-12-27(13-9-25)29-16-18-32-23-30(17-19-31(32)22-29)28-14-10-26(11-15-28)24-40-34-21-20-33(39-4-2)35(37)36(34)38/h3,5,8-15,20-21,29-32H,4,6-7,16-19,22-24H2,1-2H3. The average molecular weight is 545 g/mol. The Labute approximate surface area is 238 Å². The van der Waals surface area contributed by atoms with Gasteiger partial charge in [0.25, 0.3) is 0 Å². The summed E-state index contributed by atoms with van der Waals surface area (Å²) in [7, 11) is 0. The summed E-state index contributed by atoms with van der Waals surface area (Å²) in [6.45, 7) is 4.28. The van der Waals surface area contributed by atoms with Gasteiger partial charge in [-0.1, -0.05) is 60.7 Å². The molecule has 2 aliphatic rings. The van der Waals surface area contributed by atoms with E-state index in [-0.39, 0.29) is 24.7 Å². The lowest BCUT2D eigenvalue weighted by molar-refractivity contribution is 0.141. The highest BCUT2D eigenvalue weighted by atomic mass is 19.2. The molecule has 3 aromatic carbocycles. The van der Waals surface area contributed by atoms with Crippen molar-refractivity contribution >= 4 is 0 Å². The first kappa shape index (κ1) is 28.4. The Morgan fingerprint density at radius 3 is 1.75 bits per heavy atom. The molecule has 2 fully saturated rings. The van der Waals surface area contributed by atoms with Crippen LogP contribution in [-0.2, 0) is 13.0 Å². The van der Waals surface area contributed by atoms with Gasteiger partial charge >= 0.3 is 0 Å². The summed E-state index contributed by atoms with van der Waals surface area (Å²) < 4.78 is 39.2. The SMILES string of the molecule is CC=CCCc1ccc(C2CCC3CC(c4ccc(COc5ccc(OCC)c(F)c5F)cc4)CCC3C2)cc1. The summed E-state index contributed by atoms with van der Waals surface area (Å²) in [6.07, 6.45) is 14.4. The predicted molar refractivity (Wildman–Crippen MR) is 158 cm³/mol. The average Bonchev–Trinajstić information content (AvgIpc) is 2.99. The fourth-order valence-electron chi connectivity index (χ4n) is 6.81. The van der Waals surface area contributed by atoms with Crippen molar-refractivity contribution < 1.29 is 18.3 Å². The van der Waals surface area contributed by atoms with E-state index in [0.717, 1.165) is 30.2 Å². The molecule has 0 aliphatic heterocycles. The summed E-state index contributed by atoms with van der Waals surface area (Å²) in [5, 5.41) is 0. The molecule has 2 saturated carbocycles. The first-order chi connectivity index (χ1) is 19.6. The van der Waals surface area contributed by atoms with Crippen molar-refractivity contribution in [1.29, 1.82) is 0 Å². The maximum absolute atomic E-state index is 14.3. The minimum absolute atomic E-state index is 0.0928. The summed E-state index contributed by atoms with van der Waals surface area (Å²) in [5.74, 6) is 0.748. The molecule has 4 atom stereocenters. The highest BCUT2D eigenvalue weighted by Crippen LogP contribution is 2.49. The molecule has 4 unspecified atom stereocenters. The lowest BCUT2D eigenvalue weighted by Gasteiger charge is -2.42. The van der Waals surface area contributed by atoms with Crippen molar-refractivity contribution in [3.8, 4) is 11.5 Å². The second-order valence-electron chi connectivity index (χ2n) is 11.5. The van der Waals surface area contributed by atoms with Gasteiger partial charge in [0.1, 0.15) is 6.61 Å². The van der Waals surface area contributed by atoms with Crippen LogP contribution in [0.5, 0.6) is 11.5 Å². The third-order valence-electron chi connectivity index (χ3n) is 9.06. The molecular formula is C36H42F2O2. The van der Waals surface area contributed by atoms with Crippen LogP contribution in [0.4, 0.5) is 8.78 Å². The largest absolute Gasteiger partial charge is 0.491 e. The number of hydrogen-bond acceptors (Lipinski definition) is 2. The number of halogens is 2. The molecule has 0 saturated heterocycles. The Hall–Kier alpha value is -3.14. The third-order valence-corrected chi connectivity index (χ3v) is 9.06. The molecule has 2 aliphatic carbocycles. The summed E-state index contributed by atoms with van der Waals surface area (Å²) in [5.41, 5.74) is 5.29. The van der Waals surface area contributed by atoms with Gasteiger partial charge in [-0.3, -0.25) is 0 Å². The predicted octanol–water partition coefficient (Wildman–Crippen LogP) is 9.92. The van der Waals surface area contributed by atoms with Gasteiger partial charge < -0.3 is 9.47 Å². The van der Waals surface area contributed by atoms with Crippen molar-refractivity contribution in [2.75, 3.05) is 6.61 Å². The lowest BCUT2D eigenvalue weighted by Crippen LogP contribution is -2.29. The van der Waals surface area contributed by atoms with Crippen LogP contribution in [0, 0.1) is 23.5 Å². The van der Waals surface area contributed by atoms with Crippen molar-refractivity contribution in [2.45, 2.75) is 83.7 Å². The van der Waals surface area contributed by atoms with Crippen LogP contribution in [0.25, 0.3) is 0 Å². The van der Waals surface area contributed by atoms with Gasteiger partial charge in [0, 0.05) is 0 Å². The first-order valence-corrected chi connectivity index (χ1v) is 15.1. The smallest absolute Gasteiger partial charge is 0.204 e. The minimum atomic E-state index is -1.01. The van der Waals surface area contributed by atoms with Crippen molar-refractivity contribution in [1.82, 2.24) is 0 Å². The molecule has 0 N–H and O–H groups in total. The van der Waals surface area contributed by atoms with Crippen LogP contribution in [0.1, 0.15) is 92.9 Å². The Balaban J connectivity index is 1.12. The van der Waals surface area contributed by atoms with Gasteiger partial charge in [-0.15, -0.1) is 0 Å².